The second kappa shape index (κ2) is 7.76. The summed E-state index contributed by atoms with van der Waals surface area (Å²) in [6.07, 6.45) is 0.197. The van der Waals surface area contributed by atoms with E-state index in [1.54, 1.807) is 12.1 Å². The predicted molar refractivity (Wildman–Crippen MR) is 99.2 cm³/mol. The summed E-state index contributed by atoms with van der Waals surface area (Å²) >= 11 is 7.48. The van der Waals surface area contributed by atoms with Crippen molar-refractivity contribution in [2.45, 2.75) is 19.4 Å². The van der Waals surface area contributed by atoms with Gasteiger partial charge in [0.05, 0.1) is 18.2 Å². The highest BCUT2D eigenvalue weighted by Gasteiger charge is 2.13. The van der Waals surface area contributed by atoms with E-state index < -0.39 is 0 Å². The number of aromatic nitrogens is 1. The first kappa shape index (κ1) is 17.6. The lowest BCUT2D eigenvalue weighted by Crippen LogP contribution is -2.28. The maximum atomic E-state index is 13.0. The zero-order valence-corrected chi connectivity index (χ0v) is 15.1. The van der Waals surface area contributed by atoms with E-state index in [1.807, 2.05) is 36.6 Å². The molecule has 0 radical (unpaired) electrons. The molecule has 0 saturated carbocycles. The summed E-state index contributed by atoms with van der Waals surface area (Å²) in [5.41, 5.74) is 2.50. The molecule has 3 nitrogen and oxygen atoms in total. The third-order valence-corrected chi connectivity index (χ3v) is 4.89. The summed E-state index contributed by atoms with van der Waals surface area (Å²) in [5, 5.41) is 6.26. The van der Waals surface area contributed by atoms with Gasteiger partial charge in [0.15, 0.2) is 0 Å². The smallest absolute Gasteiger partial charge is 0.226 e. The number of nitrogens with zero attached hydrogens (tertiary/aromatic N) is 1. The number of hydrogen-bond acceptors (Lipinski definition) is 3. The molecule has 25 heavy (non-hydrogen) atoms. The van der Waals surface area contributed by atoms with Crippen molar-refractivity contribution >= 4 is 28.8 Å². The summed E-state index contributed by atoms with van der Waals surface area (Å²) in [5.74, 6) is -0.418. The van der Waals surface area contributed by atoms with Crippen molar-refractivity contribution in [3.8, 4) is 10.6 Å². The molecule has 1 heterocycles. The highest BCUT2D eigenvalue weighted by molar-refractivity contribution is 7.13. The quantitative estimate of drug-likeness (QED) is 0.681. The van der Waals surface area contributed by atoms with Crippen molar-refractivity contribution < 1.29 is 9.18 Å². The summed E-state index contributed by atoms with van der Waals surface area (Å²) < 4.78 is 13.0. The zero-order chi connectivity index (χ0) is 17.8. The number of benzene rings is 2. The lowest BCUT2D eigenvalue weighted by molar-refractivity contribution is -0.121. The molecule has 0 bridgehead atoms. The summed E-state index contributed by atoms with van der Waals surface area (Å²) in [6.45, 7) is 1.86. The van der Waals surface area contributed by atoms with E-state index in [9.17, 15) is 9.18 Å². The van der Waals surface area contributed by atoms with Gasteiger partial charge in [-0.25, -0.2) is 9.37 Å². The Labute approximate surface area is 154 Å². The predicted octanol–water partition coefficient (Wildman–Crippen LogP) is 5.02. The molecule has 0 spiro atoms. The van der Waals surface area contributed by atoms with Crippen LogP contribution in [0.25, 0.3) is 10.6 Å². The van der Waals surface area contributed by atoms with Gasteiger partial charge in [0, 0.05) is 16.0 Å². The lowest BCUT2D eigenvalue weighted by Gasteiger charge is -2.13. The topological polar surface area (TPSA) is 42.0 Å². The molecular formula is C19H16ClFN2OS. The Kier molecular flexibility index (Phi) is 5.46. The Morgan fingerprint density at radius 1 is 1.28 bits per heavy atom. The van der Waals surface area contributed by atoms with Crippen LogP contribution >= 0.6 is 22.9 Å². The molecule has 0 fully saturated rings. The maximum absolute atomic E-state index is 13.0. The summed E-state index contributed by atoms with van der Waals surface area (Å²) in [4.78, 5) is 16.7. The Morgan fingerprint density at radius 2 is 2.04 bits per heavy atom. The molecule has 3 aromatic rings. The molecule has 1 aromatic heterocycles. The van der Waals surface area contributed by atoms with Crippen LogP contribution in [-0.2, 0) is 11.2 Å². The van der Waals surface area contributed by atoms with Crippen LogP contribution in [-0.4, -0.2) is 10.9 Å². The minimum atomic E-state index is -0.293. The van der Waals surface area contributed by atoms with Crippen LogP contribution in [0.15, 0.2) is 53.9 Å². The van der Waals surface area contributed by atoms with Crippen LogP contribution in [0.4, 0.5) is 4.39 Å². The van der Waals surface area contributed by atoms with Gasteiger partial charge in [-0.3, -0.25) is 4.79 Å². The lowest BCUT2D eigenvalue weighted by atomic mass is 10.1. The second-order valence-electron chi connectivity index (χ2n) is 5.67. The number of carbonyl (C=O) groups is 1. The molecule has 1 amide bonds. The Balaban J connectivity index is 1.62. The van der Waals surface area contributed by atoms with E-state index in [0.29, 0.717) is 10.7 Å². The number of halogens is 2. The minimum absolute atomic E-state index is 0.125. The number of thiazole rings is 1. The molecule has 0 saturated heterocycles. The van der Waals surface area contributed by atoms with Gasteiger partial charge in [-0.15, -0.1) is 11.3 Å². The van der Waals surface area contributed by atoms with Crippen molar-refractivity contribution in [1.29, 1.82) is 0 Å². The molecule has 1 atom stereocenters. The van der Waals surface area contributed by atoms with Crippen molar-refractivity contribution in [3.05, 3.63) is 76.0 Å². The van der Waals surface area contributed by atoms with E-state index in [4.69, 9.17) is 11.6 Å². The molecule has 6 heteroatoms. The number of nitrogens with one attached hydrogen (secondary N) is 1. The van der Waals surface area contributed by atoms with Gasteiger partial charge in [0.1, 0.15) is 10.8 Å². The molecule has 0 aliphatic carbocycles. The van der Waals surface area contributed by atoms with Crippen molar-refractivity contribution in [3.63, 3.8) is 0 Å². The average molecular weight is 375 g/mol. The van der Waals surface area contributed by atoms with E-state index in [2.05, 4.69) is 10.3 Å². The summed E-state index contributed by atoms with van der Waals surface area (Å²) in [7, 11) is 0. The highest BCUT2D eigenvalue weighted by Crippen LogP contribution is 2.26. The SMILES string of the molecule is CC(NC(=O)Cc1csc(-c2cccc(Cl)c2)n1)c1ccc(F)cc1. The molecule has 3 rings (SSSR count). The first-order chi connectivity index (χ1) is 12.0. The normalized spacial score (nSPS) is 12.0. The average Bonchev–Trinajstić information content (AvgIpc) is 3.03. The monoisotopic (exact) mass is 374 g/mol. The first-order valence-corrected chi connectivity index (χ1v) is 9.02. The molecule has 1 unspecified atom stereocenters. The number of amides is 1. The largest absolute Gasteiger partial charge is 0.349 e. The summed E-state index contributed by atoms with van der Waals surface area (Å²) in [6, 6.07) is 13.4. The fourth-order valence-corrected chi connectivity index (χ4v) is 3.44. The Hall–Kier alpha value is -2.24. The van der Waals surface area contributed by atoms with Gasteiger partial charge >= 0.3 is 0 Å². The molecule has 2 aromatic carbocycles. The maximum Gasteiger partial charge on any atom is 0.226 e. The fourth-order valence-electron chi connectivity index (χ4n) is 2.43. The highest BCUT2D eigenvalue weighted by atomic mass is 35.5. The fraction of sp³-hybridized carbons (Fsp3) is 0.158. The van der Waals surface area contributed by atoms with E-state index in [-0.39, 0.29) is 24.2 Å². The van der Waals surface area contributed by atoms with Crippen LogP contribution in [0.3, 0.4) is 0 Å². The van der Waals surface area contributed by atoms with E-state index in [0.717, 1.165) is 16.1 Å². The molecule has 1 N–H and O–H groups in total. The van der Waals surface area contributed by atoms with Crippen LogP contribution < -0.4 is 5.32 Å². The third-order valence-electron chi connectivity index (χ3n) is 3.71. The van der Waals surface area contributed by atoms with Gasteiger partial charge in [-0.1, -0.05) is 35.9 Å². The molecule has 0 aliphatic heterocycles. The number of carbonyl (C=O) groups excluding carboxylic acids is 1. The van der Waals surface area contributed by atoms with Gasteiger partial charge in [-0.05, 0) is 36.8 Å². The Bertz CT molecular complexity index is 879. The Morgan fingerprint density at radius 3 is 2.76 bits per heavy atom. The van der Waals surface area contributed by atoms with Crippen molar-refractivity contribution in [1.82, 2.24) is 10.3 Å². The molecular weight excluding hydrogens is 359 g/mol. The number of rotatable bonds is 5. The molecule has 128 valence electrons. The minimum Gasteiger partial charge on any atom is -0.349 e. The van der Waals surface area contributed by atoms with Crippen LogP contribution in [0.5, 0.6) is 0 Å². The second-order valence-corrected chi connectivity index (χ2v) is 6.97. The third kappa shape index (κ3) is 4.65. The van der Waals surface area contributed by atoms with Gasteiger partial charge in [-0.2, -0.15) is 0 Å². The van der Waals surface area contributed by atoms with Gasteiger partial charge in [0.2, 0.25) is 5.91 Å². The molecule has 0 aliphatic rings. The van der Waals surface area contributed by atoms with Crippen molar-refractivity contribution in [2.24, 2.45) is 0 Å². The van der Waals surface area contributed by atoms with Crippen LogP contribution in [0.1, 0.15) is 24.2 Å². The van der Waals surface area contributed by atoms with E-state index in [1.165, 1.54) is 23.5 Å². The standard InChI is InChI=1S/C19H16ClFN2OS/c1-12(13-5-7-16(21)8-6-13)22-18(24)10-17-11-25-19(23-17)14-3-2-4-15(20)9-14/h2-9,11-12H,10H2,1H3,(H,22,24). The van der Waals surface area contributed by atoms with E-state index >= 15 is 0 Å². The van der Waals surface area contributed by atoms with Gasteiger partial charge < -0.3 is 5.32 Å². The van der Waals surface area contributed by atoms with Crippen molar-refractivity contribution in [2.75, 3.05) is 0 Å². The van der Waals surface area contributed by atoms with Gasteiger partial charge in [0.25, 0.3) is 0 Å². The zero-order valence-electron chi connectivity index (χ0n) is 13.5. The first-order valence-electron chi connectivity index (χ1n) is 7.76. The number of hydrogen-bond donors (Lipinski definition) is 1. The van der Waals surface area contributed by atoms with Crippen LogP contribution in [0.2, 0.25) is 5.02 Å². The van der Waals surface area contributed by atoms with Crippen LogP contribution in [0, 0.1) is 5.82 Å².